The zero-order valence-electron chi connectivity index (χ0n) is 46.8. The van der Waals surface area contributed by atoms with E-state index in [-0.39, 0.29) is 0 Å². The van der Waals surface area contributed by atoms with Gasteiger partial charge in [0.2, 0.25) is 0 Å². The van der Waals surface area contributed by atoms with Gasteiger partial charge in [-0.1, -0.05) is 221 Å². The van der Waals surface area contributed by atoms with Crippen molar-refractivity contribution in [2.45, 2.75) is 66.5 Å². The van der Waals surface area contributed by atoms with Crippen LogP contribution in [0, 0.1) is 41.5 Å². The van der Waals surface area contributed by atoms with Gasteiger partial charge in [-0.15, -0.1) is 138 Å². The van der Waals surface area contributed by atoms with E-state index in [1.54, 1.807) is 13.1 Å². The third-order valence-electron chi connectivity index (χ3n) is 12.7. The Labute approximate surface area is 523 Å². The summed E-state index contributed by atoms with van der Waals surface area (Å²) in [7, 11) is 25.7. The fourth-order valence-corrected chi connectivity index (χ4v) is 9.37. The molecular formula is C72H70Cl4Si2Zr2-6. The molecule has 8 heteroatoms. The fourth-order valence-electron chi connectivity index (χ4n) is 9.37. The third kappa shape index (κ3) is 21.4. The summed E-state index contributed by atoms with van der Waals surface area (Å²) >= 11 is -1.65. The molecule has 0 bridgehead atoms. The molecule has 80 heavy (non-hydrogen) atoms. The van der Waals surface area contributed by atoms with Crippen molar-refractivity contribution in [3.63, 3.8) is 0 Å². The maximum absolute atomic E-state index is 4.93. The van der Waals surface area contributed by atoms with Gasteiger partial charge in [-0.3, -0.25) is 0 Å². The summed E-state index contributed by atoms with van der Waals surface area (Å²) in [6, 6.07) is 86.2. The summed E-state index contributed by atoms with van der Waals surface area (Å²) in [4.78, 5) is 0. The van der Waals surface area contributed by atoms with Crippen molar-refractivity contribution in [1.29, 1.82) is 0 Å². The average molecular weight is 1320 g/mol. The Morgan fingerprint density at radius 1 is 0.312 bits per heavy atom. The Morgan fingerprint density at radius 2 is 0.500 bits per heavy atom. The predicted molar refractivity (Wildman–Crippen MR) is 355 cm³/mol. The summed E-state index contributed by atoms with van der Waals surface area (Å²) in [5.41, 5.74) is 15.8. The number of aryl methyl sites for hydroxylation is 4. The van der Waals surface area contributed by atoms with Gasteiger partial charge in [0, 0.05) is 20.5 Å². The van der Waals surface area contributed by atoms with E-state index < -0.39 is 41.7 Å². The summed E-state index contributed by atoms with van der Waals surface area (Å²) in [5, 5.41) is 10.7. The van der Waals surface area contributed by atoms with E-state index in [1.165, 1.54) is 123 Å². The molecule has 0 saturated heterocycles. The van der Waals surface area contributed by atoms with Crippen molar-refractivity contribution in [2.24, 2.45) is 0 Å². The van der Waals surface area contributed by atoms with Gasteiger partial charge in [0.05, 0.1) is 0 Å². The first-order valence-electron chi connectivity index (χ1n) is 26.5. The standard InChI is InChI=1S/4C16H13.C6H12.2CH3Si.4ClH.2Zr/c4*1-12-10-14-8-5-9-15(16(14)11-12)13-6-3-2-4-7-13;1-3-5-6-4-2;2*1-2;;;;;;/h4*2-11H,1H3;1-6H2;2*1H3;4*1H;;/q4*-1;-2;;;;;;;2*+2/p-4. The molecule has 0 aliphatic rings. The van der Waals surface area contributed by atoms with Crippen molar-refractivity contribution in [3.8, 4) is 44.5 Å². The van der Waals surface area contributed by atoms with Crippen LogP contribution in [0.4, 0.5) is 0 Å². The first-order valence-corrected chi connectivity index (χ1v) is 41.2. The summed E-state index contributed by atoms with van der Waals surface area (Å²) < 4.78 is 0. The molecule has 12 aromatic carbocycles. The van der Waals surface area contributed by atoms with Gasteiger partial charge < -0.3 is 13.8 Å². The molecule has 0 aromatic heterocycles. The number of rotatable bonds is 7. The number of halogens is 4. The fraction of sp³-hybridized carbons (Fsp3) is 0.139. The van der Waals surface area contributed by atoms with Crippen LogP contribution in [-0.2, 0) is 41.7 Å². The summed E-state index contributed by atoms with van der Waals surface area (Å²) in [6.45, 7) is 19.6. The van der Waals surface area contributed by atoms with E-state index in [0.717, 1.165) is 12.8 Å². The first-order chi connectivity index (χ1) is 39.1. The summed E-state index contributed by atoms with van der Waals surface area (Å²) in [6.07, 6.45) is 4.61. The normalized spacial score (nSPS) is 9.82. The van der Waals surface area contributed by atoms with Crippen LogP contribution in [0.25, 0.3) is 87.6 Å². The van der Waals surface area contributed by atoms with E-state index in [1.807, 2.05) is 0 Å². The second kappa shape index (κ2) is 39.1. The topological polar surface area (TPSA) is 0 Å². The van der Waals surface area contributed by atoms with Crippen molar-refractivity contribution in [3.05, 3.63) is 279 Å². The van der Waals surface area contributed by atoms with Crippen LogP contribution in [0.3, 0.4) is 0 Å². The zero-order chi connectivity index (χ0) is 58.1. The molecule has 12 aromatic rings. The molecule has 12 rings (SSSR count). The van der Waals surface area contributed by atoms with Crippen LogP contribution >= 0.6 is 34.1 Å². The Hall–Kier alpha value is -4.44. The molecule has 0 nitrogen and oxygen atoms in total. The quantitative estimate of drug-likeness (QED) is 0.0848. The van der Waals surface area contributed by atoms with Crippen LogP contribution in [-0.4, -0.2) is 20.5 Å². The molecule has 0 N–H and O–H groups in total. The number of unbranched alkanes of at least 4 members (excludes halogenated alkanes) is 3. The van der Waals surface area contributed by atoms with Gasteiger partial charge >= 0.3 is 75.7 Å². The average Bonchev–Trinajstić information content (AvgIpc) is 4.31. The van der Waals surface area contributed by atoms with Gasteiger partial charge in [-0.05, 0) is 22.3 Å². The minimum absolute atomic E-state index is 0.826. The summed E-state index contributed by atoms with van der Waals surface area (Å²) in [5.74, 6) is 0. The SMILES string of the molecule is C[Si].C[Si].Cc1cc2c(-c3ccccc3)cccc2[cH-]1.Cc1cc2c(-c3ccccc3)cccc2[cH-]1.Cc1cc2c(-c3ccccc3)cccc2[cH-]1.Cc1cc2c(-c3ccccc3)cccc2[cH-]1.[CH2-]CCCC[CH2-].[Cl][Zr][Cl].[Cl][Zr][Cl]. The molecule has 0 aliphatic heterocycles. The monoisotopic (exact) mass is 1310 g/mol. The van der Waals surface area contributed by atoms with Crippen LogP contribution in [0.5, 0.6) is 0 Å². The zero-order valence-corrected chi connectivity index (χ0v) is 56.8. The van der Waals surface area contributed by atoms with Crippen LogP contribution < -0.4 is 0 Å². The predicted octanol–water partition coefficient (Wildman–Crippen LogP) is 23.5. The number of fused-ring (bicyclic) bond motifs is 4. The molecule has 0 heterocycles. The Bertz CT molecular complexity index is 3080. The molecule has 0 amide bonds. The molecular weight excluding hydrogens is 1250 g/mol. The van der Waals surface area contributed by atoms with Crippen LogP contribution in [0.15, 0.2) is 243 Å². The van der Waals surface area contributed by atoms with E-state index in [4.69, 9.17) is 34.1 Å². The molecule has 408 valence electrons. The first kappa shape index (κ1) is 68.1. The van der Waals surface area contributed by atoms with Crippen LogP contribution in [0.2, 0.25) is 13.1 Å². The van der Waals surface area contributed by atoms with Crippen LogP contribution in [0.1, 0.15) is 47.9 Å². The van der Waals surface area contributed by atoms with Crippen molar-refractivity contribution >= 4 is 97.6 Å². The second-order valence-electron chi connectivity index (χ2n) is 18.4. The van der Waals surface area contributed by atoms with E-state index >= 15 is 0 Å². The van der Waals surface area contributed by atoms with Gasteiger partial charge in [0.1, 0.15) is 0 Å². The molecule has 0 aliphatic carbocycles. The molecule has 0 atom stereocenters. The van der Waals surface area contributed by atoms with E-state index in [9.17, 15) is 0 Å². The minimum atomic E-state index is -0.826. The van der Waals surface area contributed by atoms with Crippen molar-refractivity contribution in [1.82, 2.24) is 0 Å². The molecule has 0 fully saturated rings. The third-order valence-corrected chi connectivity index (χ3v) is 12.7. The van der Waals surface area contributed by atoms with E-state index in [2.05, 4.69) is 305 Å². The second-order valence-corrected chi connectivity index (χ2v) is 25.8. The molecule has 6 radical (unpaired) electrons. The van der Waals surface area contributed by atoms with Gasteiger partial charge in [0.25, 0.3) is 0 Å². The Kier molecular flexibility index (Phi) is 33.3. The van der Waals surface area contributed by atoms with Crippen molar-refractivity contribution < 1.29 is 41.7 Å². The van der Waals surface area contributed by atoms with Gasteiger partial charge in [-0.25, -0.2) is 0 Å². The molecule has 0 spiro atoms. The molecule has 0 unspecified atom stereocenters. The van der Waals surface area contributed by atoms with E-state index in [0.29, 0.717) is 0 Å². The molecule has 0 saturated carbocycles. The van der Waals surface area contributed by atoms with Crippen molar-refractivity contribution in [2.75, 3.05) is 0 Å². The number of hydrogen-bond donors (Lipinski definition) is 0. The van der Waals surface area contributed by atoms with Gasteiger partial charge in [-0.2, -0.15) is 37.1 Å². The Morgan fingerprint density at radius 3 is 0.675 bits per heavy atom. The Balaban J connectivity index is 0.000000211. The van der Waals surface area contributed by atoms with Gasteiger partial charge in [0.15, 0.2) is 0 Å². The number of hydrogen-bond acceptors (Lipinski definition) is 0. The number of benzene rings is 8. The maximum atomic E-state index is 4.93.